The highest BCUT2D eigenvalue weighted by Gasteiger charge is 2.35. The van der Waals surface area contributed by atoms with Gasteiger partial charge >= 0.3 is 0 Å². The maximum Gasteiger partial charge on any atom is 0.262 e. The van der Waals surface area contributed by atoms with E-state index in [0.717, 1.165) is 27.3 Å². The van der Waals surface area contributed by atoms with Gasteiger partial charge in [-0.15, -0.1) is 11.3 Å². The highest BCUT2D eigenvalue weighted by atomic mass is 32.1. The van der Waals surface area contributed by atoms with Crippen LogP contribution in [0.4, 0.5) is 11.4 Å². The van der Waals surface area contributed by atoms with Crippen LogP contribution in [0, 0.1) is 26.7 Å². The highest BCUT2D eigenvalue weighted by Crippen LogP contribution is 2.27. The standard InChI is InChI=1S/C27H29N3O4S/c1-17-11-18(2)26(19(3)12-17)29-24(31)16-34-22-8-6-21(7-9-22)30-15-20(13-25(30)32)27(33)28-14-23-5-4-10-35-23/h4-12,20H,13-16H2,1-3H3,(H,28,33)(H,29,31)/t20-/m1/s1. The first kappa shape index (κ1) is 24.5. The molecule has 35 heavy (non-hydrogen) atoms. The molecule has 1 saturated heterocycles. The lowest BCUT2D eigenvalue weighted by atomic mass is 10.1. The van der Waals surface area contributed by atoms with Crippen LogP contribution in [0.3, 0.4) is 0 Å². The Morgan fingerprint density at radius 3 is 2.46 bits per heavy atom. The lowest BCUT2D eigenvalue weighted by Crippen LogP contribution is -2.32. The molecule has 3 aromatic rings. The van der Waals surface area contributed by atoms with Crippen molar-refractivity contribution in [2.45, 2.75) is 33.7 Å². The smallest absolute Gasteiger partial charge is 0.262 e. The Labute approximate surface area is 209 Å². The van der Waals surface area contributed by atoms with Crippen LogP contribution in [0.5, 0.6) is 5.75 Å². The molecule has 0 radical (unpaired) electrons. The van der Waals surface area contributed by atoms with E-state index < -0.39 is 0 Å². The Morgan fingerprint density at radius 2 is 1.80 bits per heavy atom. The molecule has 2 N–H and O–H groups in total. The molecule has 1 atom stereocenters. The van der Waals surface area contributed by atoms with Crippen LogP contribution in [-0.4, -0.2) is 30.9 Å². The van der Waals surface area contributed by atoms with Gasteiger partial charge in [-0.05, 0) is 67.6 Å². The maximum atomic E-state index is 12.5. The van der Waals surface area contributed by atoms with Gasteiger partial charge in [-0.25, -0.2) is 0 Å². The molecule has 1 aromatic heterocycles. The van der Waals surface area contributed by atoms with Gasteiger partial charge in [0, 0.05) is 29.2 Å². The van der Waals surface area contributed by atoms with E-state index in [1.54, 1.807) is 40.5 Å². The average molecular weight is 492 g/mol. The number of aryl methyl sites for hydroxylation is 3. The number of nitrogens with zero attached hydrogens (tertiary/aromatic N) is 1. The van der Waals surface area contributed by atoms with Crippen molar-refractivity contribution in [1.29, 1.82) is 0 Å². The zero-order valence-corrected chi connectivity index (χ0v) is 20.9. The zero-order valence-electron chi connectivity index (χ0n) is 20.1. The van der Waals surface area contributed by atoms with E-state index in [0.29, 0.717) is 24.5 Å². The van der Waals surface area contributed by atoms with Crippen molar-refractivity contribution in [3.8, 4) is 5.75 Å². The second-order valence-corrected chi connectivity index (χ2v) is 9.84. The van der Waals surface area contributed by atoms with E-state index in [9.17, 15) is 14.4 Å². The van der Waals surface area contributed by atoms with Crippen molar-refractivity contribution in [3.63, 3.8) is 0 Å². The molecular formula is C27H29N3O4S. The van der Waals surface area contributed by atoms with Crippen molar-refractivity contribution in [2.75, 3.05) is 23.4 Å². The number of carbonyl (C=O) groups excluding carboxylic acids is 3. The molecule has 8 heteroatoms. The Bertz CT molecular complexity index is 1200. The largest absolute Gasteiger partial charge is 0.484 e. The second-order valence-electron chi connectivity index (χ2n) is 8.81. The fourth-order valence-electron chi connectivity index (χ4n) is 4.29. The molecule has 3 amide bonds. The predicted molar refractivity (Wildman–Crippen MR) is 138 cm³/mol. The third kappa shape index (κ3) is 6.08. The summed E-state index contributed by atoms with van der Waals surface area (Å²) in [6.45, 7) is 6.65. The maximum absolute atomic E-state index is 12.5. The van der Waals surface area contributed by atoms with Gasteiger partial charge in [0.2, 0.25) is 11.8 Å². The summed E-state index contributed by atoms with van der Waals surface area (Å²) >= 11 is 1.59. The Morgan fingerprint density at radius 1 is 1.09 bits per heavy atom. The van der Waals surface area contributed by atoms with Crippen molar-refractivity contribution >= 4 is 40.4 Å². The summed E-state index contributed by atoms with van der Waals surface area (Å²) < 4.78 is 5.64. The Kier molecular flexibility index (Phi) is 7.51. The van der Waals surface area contributed by atoms with E-state index in [1.165, 1.54) is 0 Å². The van der Waals surface area contributed by atoms with Gasteiger partial charge in [-0.3, -0.25) is 14.4 Å². The fourth-order valence-corrected chi connectivity index (χ4v) is 4.93. The number of benzene rings is 2. The minimum Gasteiger partial charge on any atom is -0.484 e. The number of anilines is 2. The van der Waals surface area contributed by atoms with Gasteiger partial charge < -0.3 is 20.3 Å². The molecule has 0 bridgehead atoms. The van der Waals surface area contributed by atoms with Crippen LogP contribution in [0.25, 0.3) is 0 Å². The Hall–Kier alpha value is -3.65. The number of thiophene rings is 1. The normalized spacial score (nSPS) is 15.2. The summed E-state index contributed by atoms with van der Waals surface area (Å²) in [5.41, 5.74) is 4.67. The fraction of sp³-hybridized carbons (Fsp3) is 0.296. The van der Waals surface area contributed by atoms with Gasteiger partial charge in [0.05, 0.1) is 12.5 Å². The molecule has 4 rings (SSSR count). The molecule has 1 fully saturated rings. The second kappa shape index (κ2) is 10.7. The molecule has 1 aliphatic rings. The lowest BCUT2D eigenvalue weighted by Gasteiger charge is -2.17. The van der Waals surface area contributed by atoms with E-state index in [-0.39, 0.29) is 36.7 Å². The van der Waals surface area contributed by atoms with Crippen LogP contribution in [0.1, 0.15) is 28.0 Å². The SMILES string of the molecule is Cc1cc(C)c(NC(=O)COc2ccc(N3C[C@H](C(=O)NCc4cccs4)CC3=O)cc2)c(C)c1. The quantitative estimate of drug-likeness (QED) is 0.490. The van der Waals surface area contributed by atoms with Crippen LogP contribution in [0.15, 0.2) is 53.9 Å². The summed E-state index contributed by atoms with van der Waals surface area (Å²) in [5, 5.41) is 7.80. The monoisotopic (exact) mass is 491 g/mol. The predicted octanol–water partition coefficient (Wildman–Crippen LogP) is 4.36. The number of ether oxygens (including phenoxy) is 1. The molecule has 0 aliphatic carbocycles. The number of hydrogen-bond acceptors (Lipinski definition) is 5. The highest BCUT2D eigenvalue weighted by molar-refractivity contribution is 7.09. The van der Waals surface area contributed by atoms with Gasteiger partial charge in [-0.2, -0.15) is 0 Å². The van der Waals surface area contributed by atoms with Gasteiger partial charge in [0.15, 0.2) is 6.61 Å². The van der Waals surface area contributed by atoms with Crippen LogP contribution >= 0.6 is 11.3 Å². The number of nitrogens with one attached hydrogen (secondary N) is 2. The number of amides is 3. The van der Waals surface area contributed by atoms with E-state index in [1.807, 2.05) is 50.4 Å². The van der Waals surface area contributed by atoms with E-state index in [4.69, 9.17) is 4.74 Å². The first-order valence-electron chi connectivity index (χ1n) is 11.5. The number of hydrogen-bond donors (Lipinski definition) is 2. The van der Waals surface area contributed by atoms with Crippen molar-refractivity contribution in [1.82, 2.24) is 5.32 Å². The third-order valence-electron chi connectivity index (χ3n) is 5.97. The van der Waals surface area contributed by atoms with Crippen LogP contribution < -0.4 is 20.3 Å². The van der Waals surface area contributed by atoms with Gasteiger partial charge in [0.25, 0.3) is 5.91 Å². The molecule has 0 unspecified atom stereocenters. The van der Waals surface area contributed by atoms with Crippen LogP contribution in [-0.2, 0) is 20.9 Å². The average Bonchev–Trinajstić information content (AvgIpc) is 3.48. The summed E-state index contributed by atoms with van der Waals surface area (Å²) in [4.78, 5) is 40.1. The van der Waals surface area contributed by atoms with Gasteiger partial charge in [-0.1, -0.05) is 23.8 Å². The molecule has 2 heterocycles. The van der Waals surface area contributed by atoms with Gasteiger partial charge in [0.1, 0.15) is 5.75 Å². The number of carbonyl (C=O) groups is 3. The topological polar surface area (TPSA) is 87.7 Å². The summed E-state index contributed by atoms with van der Waals surface area (Å²) in [6, 6.07) is 15.0. The van der Waals surface area contributed by atoms with Crippen molar-refractivity contribution in [3.05, 3.63) is 75.5 Å². The molecule has 7 nitrogen and oxygen atoms in total. The Balaban J connectivity index is 1.29. The zero-order chi connectivity index (χ0) is 24.9. The summed E-state index contributed by atoms with van der Waals surface area (Å²) in [6.07, 6.45) is 0.187. The minimum atomic E-state index is -0.379. The first-order valence-corrected chi connectivity index (χ1v) is 12.4. The molecule has 2 aromatic carbocycles. The molecule has 1 aliphatic heterocycles. The number of rotatable bonds is 8. The third-order valence-corrected chi connectivity index (χ3v) is 6.85. The lowest BCUT2D eigenvalue weighted by molar-refractivity contribution is -0.126. The minimum absolute atomic E-state index is 0.0850. The van der Waals surface area contributed by atoms with E-state index in [2.05, 4.69) is 10.6 Å². The summed E-state index contributed by atoms with van der Waals surface area (Å²) in [5.74, 6) is -0.290. The molecule has 0 saturated carbocycles. The first-order chi connectivity index (χ1) is 16.8. The van der Waals surface area contributed by atoms with E-state index >= 15 is 0 Å². The molecular weight excluding hydrogens is 462 g/mol. The molecule has 182 valence electrons. The van der Waals surface area contributed by atoms with Crippen molar-refractivity contribution < 1.29 is 19.1 Å². The van der Waals surface area contributed by atoms with Crippen LogP contribution in [0.2, 0.25) is 0 Å². The molecule has 0 spiro atoms. The van der Waals surface area contributed by atoms with Crippen molar-refractivity contribution in [2.24, 2.45) is 5.92 Å². The summed E-state index contributed by atoms with van der Waals surface area (Å²) in [7, 11) is 0.